The van der Waals surface area contributed by atoms with Crippen molar-refractivity contribution in [3.8, 4) is 5.75 Å². The molecule has 2 atom stereocenters. The molecule has 0 radical (unpaired) electrons. The predicted octanol–water partition coefficient (Wildman–Crippen LogP) is 2.52. The van der Waals surface area contributed by atoms with Crippen molar-refractivity contribution in [2.75, 3.05) is 19.8 Å². The van der Waals surface area contributed by atoms with Crippen LogP contribution in [-0.4, -0.2) is 25.9 Å². The number of rotatable bonds is 5. The highest BCUT2D eigenvalue weighted by Crippen LogP contribution is 2.31. The van der Waals surface area contributed by atoms with E-state index in [2.05, 4.69) is 24.4 Å². The number of para-hydroxylation sites is 1. The minimum atomic E-state index is 0.367. The minimum Gasteiger partial charge on any atom is -0.493 e. The van der Waals surface area contributed by atoms with Crippen molar-refractivity contribution in [1.82, 2.24) is 5.32 Å². The van der Waals surface area contributed by atoms with E-state index in [9.17, 15) is 0 Å². The van der Waals surface area contributed by atoms with Gasteiger partial charge in [-0.1, -0.05) is 18.2 Å². The van der Waals surface area contributed by atoms with Crippen LogP contribution in [0, 0.1) is 0 Å². The Balaban J connectivity index is 1.98. The van der Waals surface area contributed by atoms with Gasteiger partial charge in [-0.15, -0.1) is 0 Å². The quantitative estimate of drug-likeness (QED) is 0.850. The Labute approximate surface area is 103 Å². The third kappa shape index (κ3) is 3.20. The molecule has 3 heteroatoms. The van der Waals surface area contributed by atoms with E-state index in [1.54, 1.807) is 0 Å². The molecule has 3 nitrogen and oxygen atoms in total. The summed E-state index contributed by atoms with van der Waals surface area (Å²) in [5.41, 5.74) is 1.27. The van der Waals surface area contributed by atoms with Gasteiger partial charge in [-0.05, 0) is 19.9 Å². The van der Waals surface area contributed by atoms with Gasteiger partial charge in [0.1, 0.15) is 5.75 Å². The summed E-state index contributed by atoms with van der Waals surface area (Å²) >= 11 is 0. The average Bonchev–Trinajstić information content (AvgIpc) is 2.37. The summed E-state index contributed by atoms with van der Waals surface area (Å²) in [6.07, 6.45) is 1.02. The van der Waals surface area contributed by atoms with Gasteiger partial charge < -0.3 is 14.8 Å². The number of benzene rings is 1. The number of hydrogen-bond donors (Lipinski definition) is 1. The standard InChI is InChI=1S/C14H21NO2/c1-3-16-10-11(2)15-13-8-9-17-14-7-5-4-6-12(13)14/h4-7,11,13,15H,3,8-10H2,1-2H3. The van der Waals surface area contributed by atoms with Crippen LogP contribution in [0.2, 0.25) is 0 Å². The van der Waals surface area contributed by atoms with Gasteiger partial charge in [0.2, 0.25) is 0 Å². The lowest BCUT2D eigenvalue weighted by Gasteiger charge is -2.29. The van der Waals surface area contributed by atoms with Crippen LogP contribution in [0.15, 0.2) is 24.3 Å². The topological polar surface area (TPSA) is 30.5 Å². The second-order valence-electron chi connectivity index (χ2n) is 4.45. The molecule has 1 aliphatic rings. The average molecular weight is 235 g/mol. The Hall–Kier alpha value is -1.06. The zero-order valence-corrected chi connectivity index (χ0v) is 10.6. The molecule has 0 spiro atoms. The fourth-order valence-electron chi connectivity index (χ4n) is 2.20. The zero-order chi connectivity index (χ0) is 12.1. The van der Waals surface area contributed by atoms with Gasteiger partial charge in [-0.25, -0.2) is 0 Å². The Morgan fingerprint density at radius 1 is 1.47 bits per heavy atom. The van der Waals surface area contributed by atoms with Gasteiger partial charge in [0.15, 0.2) is 0 Å². The molecule has 0 fully saturated rings. The second-order valence-corrected chi connectivity index (χ2v) is 4.45. The van der Waals surface area contributed by atoms with Gasteiger partial charge in [-0.3, -0.25) is 0 Å². The second kappa shape index (κ2) is 6.03. The highest BCUT2D eigenvalue weighted by atomic mass is 16.5. The number of ether oxygens (including phenoxy) is 2. The normalized spacial score (nSPS) is 20.5. The Morgan fingerprint density at radius 2 is 2.29 bits per heavy atom. The Bertz CT molecular complexity index is 354. The third-order valence-corrected chi connectivity index (χ3v) is 3.02. The summed E-state index contributed by atoms with van der Waals surface area (Å²) in [6.45, 7) is 6.51. The molecule has 0 saturated heterocycles. The molecule has 1 aromatic carbocycles. The molecule has 1 heterocycles. The van der Waals surface area contributed by atoms with Crippen LogP contribution in [0.3, 0.4) is 0 Å². The largest absolute Gasteiger partial charge is 0.493 e. The van der Waals surface area contributed by atoms with Crippen LogP contribution in [0.4, 0.5) is 0 Å². The molecule has 2 rings (SSSR count). The summed E-state index contributed by atoms with van der Waals surface area (Å²) in [4.78, 5) is 0. The maximum atomic E-state index is 5.65. The molecule has 1 N–H and O–H groups in total. The highest BCUT2D eigenvalue weighted by Gasteiger charge is 2.21. The first-order valence-electron chi connectivity index (χ1n) is 6.36. The van der Waals surface area contributed by atoms with Crippen LogP contribution in [0.25, 0.3) is 0 Å². The lowest BCUT2D eigenvalue weighted by Crippen LogP contribution is -2.36. The van der Waals surface area contributed by atoms with Crippen LogP contribution in [0.5, 0.6) is 5.75 Å². The smallest absolute Gasteiger partial charge is 0.124 e. The molecule has 94 valence electrons. The number of hydrogen-bond acceptors (Lipinski definition) is 3. The molecule has 0 aromatic heterocycles. The van der Waals surface area contributed by atoms with Crippen molar-refractivity contribution in [2.45, 2.75) is 32.4 Å². The van der Waals surface area contributed by atoms with Crippen molar-refractivity contribution in [3.63, 3.8) is 0 Å². The molecule has 1 aromatic rings. The first-order chi connectivity index (χ1) is 8.31. The van der Waals surface area contributed by atoms with E-state index < -0.39 is 0 Å². The lowest BCUT2D eigenvalue weighted by atomic mass is 10.00. The molecular weight excluding hydrogens is 214 g/mol. The zero-order valence-electron chi connectivity index (χ0n) is 10.6. The minimum absolute atomic E-state index is 0.367. The van der Waals surface area contributed by atoms with Crippen molar-refractivity contribution < 1.29 is 9.47 Å². The first kappa shape index (κ1) is 12.4. The van der Waals surface area contributed by atoms with Gasteiger partial charge in [0.25, 0.3) is 0 Å². The van der Waals surface area contributed by atoms with E-state index in [0.29, 0.717) is 12.1 Å². The van der Waals surface area contributed by atoms with E-state index >= 15 is 0 Å². The fourth-order valence-corrected chi connectivity index (χ4v) is 2.20. The summed E-state index contributed by atoms with van der Waals surface area (Å²) in [7, 11) is 0. The molecule has 0 bridgehead atoms. The summed E-state index contributed by atoms with van der Waals surface area (Å²) < 4.78 is 11.1. The van der Waals surface area contributed by atoms with E-state index in [1.165, 1.54) is 5.56 Å². The molecule has 0 saturated carbocycles. The van der Waals surface area contributed by atoms with Gasteiger partial charge >= 0.3 is 0 Å². The van der Waals surface area contributed by atoms with Crippen LogP contribution < -0.4 is 10.1 Å². The molecule has 1 aliphatic heterocycles. The Kier molecular flexibility index (Phi) is 4.40. The molecule has 2 unspecified atom stereocenters. The third-order valence-electron chi connectivity index (χ3n) is 3.02. The maximum Gasteiger partial charge on any atom is 0.124 e. The van der Waals surface area contributed by atoms with Crippen molar-refractivity contribution in [2.24, 2.45) is 0 Å². The van der Waals surface area contributed by atoms with Crippen molar-refractivity contribution in [1.29, 1.82) is 0 Å². The lowest BCUT2D eigenvalue weighted by molar-refractivity contribution is 0.119. The predicted molar refractivity (Wildman–Crippen MR) is 68.4 cm³/mol. The van der Waals surface area contributed by atoms with Crippen LogP contribution >= 0.6 is 0 Å². The van der Waals surface area contributed by atoms with Gasteiger partial charge in [-0.2, -0.15) is 0 Å². The summed E-state index contributed by atoms with van der Waals surface area (Å²) in [6, 6.07) is 9.01. The van der Waals surface area contributed by atoms with Crippen LogP contribution in [-0.2, 0) is 4.74 Å². The fraction of sp³-hybridized carbons (Fsp3) is 0.571. The molecule has 0 aliphatic carbocycles. The van der Waals surface area contributed by atoms with E-state index in [4.69, 9.17) is 9.47 Å². The van der Waals surface area contributed by atoms with Gasteiger partial charge in [0, 0.05) is 30.7 Å². The first-order valence-corrected chi connectivity index (χ1v) is 6.36. The molecule has 0 amide bonds. The Morgan fingerprint density at radius 3 is 3.12 bits per heavy atom. The van der Waals surface area contributed by atoms with E-state index in [-0.39, 0.29) is 0 Å². The highest BCUT2D eigenvalue weighted by molar-refractivity contribution is 5.37. The van der Waals surface area contributed by atoms with E-state index in [0.717, 1.165) is 32.0 Å². The van der Waals surface area contributed by atoms with Gasteiger partial charge in [0.05, 0.1) is 13.2 Å². The molecular formula is C14H21NO2. The van der Waals surface area contributed by atoms with Crippen molar-refractivity contribution >= 4 is 0 Å². The monoisotopic (exact) mass is 235 g/mol. The molecule has 17 heavy (non-hydrogen) atoms. The summed E-state index contributed by atoms with van der Waals surface area (Å²) in [5.74, 6) is 1.01. The number of fused-ring (bicyclic) bond motifs is 1. The SMILES string of the molecule is CCOCC(C)NC1CCOc2ccccc21. The van der Waals surface area contributed by atoms with E-state index in [1.807, 2.05) is 19.1 Å². The van der Waals surface area contributed by atoms with Crippen molar-refractivity contribution in [3.05, 3.63) is 29.8 Å². The maximum absolute atomic E-state index is 5.65. The summed E-state index contributed by atoms with van der Waals surface area (Å²) in [5, 5.41) is 3.60. The van der Waals surface area contributed by atoms with Crippen LogP contribution in [0.1, 0.15) is 31.9 Å². The number of nitrogens with one attached hydrogen (secondary N) is 1.